The van der Waals surface area contributed by atoms with Gasteiger partial charge in [-0.2, -0.15) is 0 Å². The van der Waals surface area contributed by atoms with Crippen LogP contribution >= 0.6 is 0 Å². The van der Waals surface area contributed by atoms with Crippen LogP contribution in [0.3, 0.4) is 0 Å². The second-order valence-corrected chi connectivity index (χ2v) is 6.79. The summed E-state index contributed by atoms with van der Waals surface area (Å²) in [4.78, 5) is 45.2. The number of carboxylic acids is 1. The predicted octanol–water partition coefficient (Wildman–Crippen LogP) is 2.01. The van der Waals surface area contributed by atoms with Gasteiger partial charge in [0.25, 0.3) is 5.91 Å². The lowest BCUT2D eigenvalue weighted by atomic mass is 9.91. The van der Waals surface area contributed by atoms with Crippen LogP contribution in [0.25, 0.3) is 10.8 Å². The van der Waals surface area contributed by atoms with Gasteiger partial charge < -0.3 is 15.3 Å². The summed E-state index contributed by atoms with van der Waals surface area (Å²) in [6, 6.07) is 8.01. The highest BCUT2D eigenvalue weighted by Gasteiger charge is 2.46. The number of aromatic nitrogens is 1. The molecule has 2 heterocycles. The fourth-order valence-electron chi connectivity index (χ4n) is 3.13. The molecule has 1 aromatic carbocycles. The van der Waals surface area contributed by atoms with Crippen molar-refractivity contribution in [3.8, 4) is 0 Å². The molecule has 0 saturated heterocycles. The minimum Gasteiger partial charge on any atom is -0.481 e. The monoisotopic (exact) mass is 401 g/mol. The molecular weight excluding hydrogens is 381 g/mol. The molecule has 1 aliphatic rings. The number of nitrogens with zero attached hydrogens (tertiary/aromatic N) is 2. The highest BCUT2D eigenvalue weighted by Crippen LogP contribution is 2.30. The smallest absolute Gasteiger partial charge is 0.305 e. The van der Waals surface area contributed by atoms with Gasteiger partial charge in [0.1, 0.15) is 18.4 Å². The lowest BCUT2D eigenvalue weighted by Crippen LogP contribution is -2.53. The number of nitrogens with one attached hydrogen (secondary N) is 1. The average Bonchev–Trinajstić information content (AvgIpc) is 3.18. The lowest BCUT2D eigenvalue weighted by molar-refractivity contribution is -0.148. The van der Waals surface area contributed by atoms with Gasteiger partial charge in [-0.25, -0.2) is 4.39 Å². The Hall–Kier alpha value is -3.36. The van der Waals surface area contributed by atoms with Gasteiger partial charge in [-0.1, -0.05) is 36.3 Å². The van der Waals surface area contributed by atoms with Gasteiger partial charge in [0, 0.05) is 18.0 Å². The van der Waals surface area contributed by atoms with E-state index in [0.29, 0.717) is 11.4 Å². The highest BCUT2D eigenvalue weighted by molar-refractivity contribution is 6.06. The third-order valence-corrected chi connectivity index (χ3v) is 4.90. The quantitative estimate of drug-likeness (QED) is 0.699. The van der Waals surface area contributed by atoms with Gasteiger partial charge in [0.05, 0.1) is 12.1 Å². The number of hydrogen-bond acceptors (Lipinski definition) is 6. The van der Waals surface area contributed by atoms with E-state index in [4.69, 9.17) is 9.94 Å². The molecule has 0 radical (unpaired) electrons. The van der Waals surface area contributed by atoms with E-state index in [2.05, 4.69) is 15.5 Å². The van der Waals surface area contributed by atoms with Crippen LogP contribution in [0.5, 0.6) is 0 Å². The number of pyridine rings is 1. The van der Waals surface area contributed by atoms with E-state index in [9.17, 15) is 18.8 Å². The Morgan fingerprint density at radius 2 is 2.03 bits per heavy atom. The fraction of sp³-hybridized carbons (Fsp3) is 0.350. The zero-order chi connectivity index (χ0) is 21.0. The molecule has 9 heteroatoms. The normalized spacial score (nSPS) is 19.3. The first-order valence-corrected chi connectivity index (χ1v) is 9.10. The second kappa shape index (κ2) is 8.34. The standard InChI is InChI=1S/C20H20FN3O5/c1-2-20(19(28)23-15(8-18(26)27)17(25)10-21)9-16(24-29-20)14-7-12-5-3-4-6-13(12)11-22-14/h3-7,11,15H,2,8-10H2,1H3,(H,23,28)(H,26,27)/t15?,20-/m1/s1. The molecule has 1 aliphatic heterocycles. The molecule has 2 N–H and O–H groups in total. The van der Waals surface area contributed by atoms with Crippen molar-refractivity contribution >= 4 is 34.1 Å². The van der Waals surface area contributed by atoms with E-state index < -0.39 is 42.4 Å². The molecule has 152 valence electrons. The zero-order valence-corrected chi connectivity index (χ0v) is 15.7. The summed E-state index contributed by atoms with van der Waals surface area (Å²) in [5.41, 5.74) is -0.413. The summed E-state index contributed by atoms with van der Waals surface area (Å²) in [6.07, 6.45) is 1.28. The number of rotatable bonds is 8. The molecule has 2 aromatic rings. The Bertz CT molecular complexity index is 993. The number of benzene rings is 1. The maximum absolute atomic E-state index is 12.8. The third kappa shape index (κ3) is 4.23. The first kappa shape index (κ1) is 20.4. The average molecular weight is 401 g/mol. The molecule has 3 rings (SSSR count). The Labute approximate surface area is 165 Å². The van der Waals surface area contributed by atoms with Crippen LogP contribution in [0.4, 0.5) is 4.39 Å². The highest BCUT2D eigenvalue weighted by atomic mass is 19.1. The summed E-state index contributed by atoms with van der Waals surface area (Å²) in [6.45, 7) is 0.329. The number of aliphatic carboxylic acids is 1. The molecule has 0 saturated carbocycles. The molecule has 1 aromatic heterocycles. The van der Waals surface area contributed by atoms with Crippen molar-refractivity contribution in [1.82, 2.24) is 10.3 Å². The van der Waals surface area contributed by atoms with Crippen LogP contribution in [0.15, 0.2) is 41.7 Å². The van der Waals surface area contributed by atoms with Crippen LogP contribution in [0.1, 0.15) is 31.9 Å². The molecule has 8 nitrogen and oxygen atoms in total. The van der Waals surface area contributed by atoms with Gasteiger partial charge in [-0.3, -0.25) is 19.4 Å². The number of carbonyl (C=O) groups is 3. The van der Waals surface area contributed by atoms with Crippen LogP contribution in [0.2, 0.25) is 0 Å². The molecule has 2 atom stereocenters. The van der Waals surface area contributed by atoms with E-state index in [1.165, 1.54) is 0 Å². The van der Waals surface area contributed by atoms with Gasteiger partial charge in [-0.05, 0) is 17.9 Å². The number of halogens is 1. The lowest BCUT2D eigenvalue weighted by Gasteiger charge is -2.26. The second-order valence-electron chi connectivity index (χ2n) is 6.79. The summed E-state index contributed by atoms with van der Waals surface area (Å²) in [5.74, 6) is -3.05. The van der Waals surface area contributed by atoms with Crippen molar-refractivity contribution in [2.75, 3.05) is 6.67 Å². The Balaban J connectivity index is 1.79. The molecule has 29 heavy (non-hydrogen) atoms. The third-order valence-electron chi connectivity index (χ3n) is 4.90. The summed E-state index contributed by atoms with van der Waals surface area (Å²) in [5, 5.41) is 17.1. The topological polar surface area (TPSA) is 118 Å². The summed E-state index contributed by atoms with van der Waals surface area (Å²) < 4.78 is 12.7. The number of carboxylic acid groups (broad SMARTS) is 1. The Kier molecular flexibility index (Phi) is 5.86. The zero-order valence-electron chi connectivity index (χ0n) is 15.7. The van der Waals surface area contributed by atoms with Crippen molar-refractivity contribution in [2.24, 2.45) is 5.16 Å². The maximum atomic E-state index is 12.8. The molecule has 1 amide bonds. The number of ketones is 1. The Morgan fingerprint density at radius 1 is 1.31 bits per heavy atom. The molecule has 0 fully saturated rings. The molecule has 1 unspecified atom stereocenters. The predicted molar refractivity (Wildman–Crippen MR) is 102 cm³/mol. The van der Waals surface area contributed by atoms with Crippen molar-refractivity contribution in [2.45, 2.75) is 37.8 Å². The number of amides is 1. The maximum Gasteiger partial charge on any atom is 0.305 e. The van der Waals surface area contributed by atoms with Crippen LogP contribution in [-0.4, -0.2) is 51.8 Å². The first-order valence-electron chi connectivity index (χ1n) is 9.10. The minimum atomic E-state index is -1.47. The van der Waals surface area contributed by atoms with Gasteiger partial charge in [0.15, 0.2) is 5.78 Å². The first-order chi connectivity index (χ1) is 13.9. The van der Waals surface area contributed by atoms with Gasteiger partial charge in [-0.15, -0.1) is 0 Å². The van der Waals surface area contributed by atoms with E-state index >= 15 is 0 Å². The van der Waals surface area contributed by atoms with Gasteiger partial charge >= 0.3 is 5.97 Å². The van der Waals surface area contributed by atoms with Gasteiger partial charge in [0.2, 0.25) is 5.60 Å². The van der Waals surface area contributed by atoms with E-state index in [-0.39, 0.29) is 12.8 Å². The van der Waals surface area contributed by atoms with E-state index in [1.807, 2.05) is 30.3 Å². The van der Waals surface area contributed by atoms with Crippen molar-refractivity contribution in [1.29, 1.82) is 0 Å². The van der Waals surface area contributed by atoms with Crippen LogP contribution in [0, 0.1) is 0 Å². The van der Waals surface area contributed by atoms with E-state index in [1.54, 1.807) is 13.1 Å². The minimum absolute atomic E-state index is 0.0876. The molecule has 0 bridgehead atoms. The van der Waals surface area contributed by atoms with Crippen molar-refractivity contribution in [3.05, 3.63) is 42.2 Å². The van der Waals surface area contributed by atoms with Crippen LogP contribution < -0.4 is 5.32 Å². The van der Waals surface area contributed by atoms with E-state index in [0.717, 1.165) is 10.8 Å². The number of alkyl halides is 1. The number of carbonyl (C=O) groups excluding carboxylic acids is 2. The van der Waals surface area contributed by atoms with Crippen molar-refractivity contribution in [3.63, 3.8) is 0 Å². The molecular formula is C20H20FN3O5. The number of oxime groups is 1. The molecule has 0 spiro atoms. The number of Topliss-reactive ketones (excluding diaryl/α,β-unsaturated/α-hetero) is 1. The number of hydrogen-bond donors (Lipinski definition) is 2. The SMILES string of the molecule is CC[C@]1(C(=O)NC(CC(=O)O)C(=O)CF)CC(c2cc3ccccc3cn2)=NO1. The van der Waals surface area contributed by atoms with Crippen molar-refractivity contribution < 1.29 is 28.7 Å². The van der Waals surface area contributed by atoms with Crippen LogP contribution in [-0.2, 0) is 19.2 Å². The largest absolute Gasteiger partial charge is 0.481 e. The fourth-order valence-corrected chi connectivity index (χ4v) is 3.13. The summed E-state index contributed by atoms with van der Waals surface area (Å²) >= 11 is 0. The Morgan fingerprint density at radius 3 is 2.69 bits per heavy atom. The number of fused-ring (bicyclic) bond motifs is 1. The molecule has 0 aliphatic carbocycles. The summed E-state index contributed by atoms with van der Waals surface area (Å²) in [7, 11) is 0.